The van der Waals surface area contributed by atoms with Gasteiger partial charge >= 0.3 is 0 Å². The highest BCUT2D eigenvalue weighted by molar-refractivity contribution is 6.05. The van der Waals surface area contributed by atoms with Crippen molar-refractivity contribution in [3.05, 3.63) is 106 Å². The third-order valence-electron chi connectivity index (χ3n) is 6.24. The average Bonchev–Trinajstić information content (AvgIpc) is 3.26. The Kier molecular flexibility index (Phi) is 8.40. The Bertz CT molecular complexity index is 1290. The summed E-state index contributed by atoms with van der Waals surface area (Å²) in [7, 11) is 0. The standard InChI is InChI=1S/C28H29N5O4/c1-20-28(27(35)31-24-10-3-2-4-11-24,18-22-8-5-6-9-23(22)19-30-33-29)32-26(37-20)21-12-14-25(15-13-21)36-17-7-16-34/h2-6,8-15,20,34H,7,16-19H2,1H3,(H,31,35)/t20-,28-/m1/s1. The fourth-order valence-corrected chi connectivity index (χ4v) is 4.19. The van der Waals surface area contributed by atoms with E-state index in [0.29, 0.717) is 30.4 Å². The second-order valence-corrected chi connectivity index (χ2v) is 8.71. The van der Waals surface area contributed by atoms with E-state index in [9.17, 15) is 4.79 Å². The van der Waals surface area contributed by atoms with E-state index in [-0.39, 0.29) is 25.5 Å². The van der Waals surface area contributed by atoms with Gasteiger partial charge in [0, 0.05) is 35.6 Å². The molecule has 2 N–H and O–H groups in total. The van der Waals surface area contributed by atoms with Gasteiger partial charge in [0.25, 0.3) is 5.91 Å². The molecule has 1 amide bonds. The minimum atomic E-state index is -1.26. The first-order chi connectivity index (χ1) is 18.1. The smallest absolute Gasteiger partial charge is 0.256 e. The van der Waals surface area contributed by atoms with Crippen molar-refractivity contribution >= 4 is 17.5 Å². The molecule has 190 valence electrons. The zero-order chi connectivity index (χ0) is 26.1. The first-order valence-electron chi connectivity index (χ1n) is 12.1. The molecule has 3 aromatic carbocycles. The molecule has 1 aliphatic rings. The van der Waals surface area contributed by atoms with Crippen LogP contribution in [0.2, 0.25) is 0 Å². The van der Waals surface area contributed by atoms with E-state index in [0.717, 1.165) is 16.7 Å². The molecule has 4 rings (SSSR count). The molecule has 37 heavy (non-hydrogen) atoms. The summed E-state index contributed by atoms with van der Waals surface area (Å²) >= 11 is 0. The van der Waals surface area contributed by atoms with Gasteiger partial charge in [0.2, 0.25) is 5.90 Å². The molecule has 1 heterocycles. The van der Waals surface area contributed by atoms with Gasteiger partial charge < -0.3 is 19.9 Å². The van der Waals surface area contributed by atoms with Crippen LogP contribution >= 0.6 is 0 Å². The van der Waals surface area contributed by atoms with Crippen molar-refractivity contribution in [2.24, 2.45) is 10.1 Å². The Labute approximate surface area is 215 Å². The van der Waals surface area contributed by atoms with E-state index >= 15 is 0 Å². The summed E-state index contributed by atoms with van der Waals surface area (Å²) in [4.78, 5) is 21.6. The molecule has 0 aromatic heterocycles. The van der Waals surface area contributed by atoms with Crippen LogP contribution in [-0.4, -0.2) is 41.8 Å². The van der Waals surface area contributed by atoms with E-state index < -0.39 is 11.6 Å². The third-order valence-corrected chi connectivity index (χ3v) is 6.24. The van der Waals surface area contributed by atoms with Crippen LogP contribution in [0.4, 0.5) is 5.69 Å². The van der Waals surface area contributed by atoms with Crippen molar-refractivity contribution in [3.8, 4) is 5.75 Å². The maximum atomic E-state index is 13.8. The first kappa shape index (κ1) is 25.8. The number of rotatable bonds is 11. The molecule has 3 aromatic rings. The van der Waals surface area contributed by atoms with Crippen LogP contribution in [-0.2, 0) is 22.5 Å². The van der Waals surface area contributed by atoms with Crippen molar-refractivity contribution in [2.45, 2.75) is 38.0 Å². The molecule has 9 nitrogen and oxygen atoms in total. The lowest BCUT2D eigenvalue weighted by Crippen LogP contribution is -2.49. The minimum Gasteiger partial charge on any atom is -0.494 e. The van der Waals surface area contributed by atoms with Crippen LogP contribution < -0.4 is 10.1 Å². The minimum absolute atomic E-state index is 0.0692. The number of benzene rings is 3. The lowest BCUT2D eigenvalue weighted by Gasteiger charge is -2.29. The largest absolute Gasteiger partial charge is 0.494 e. The number of ether oxygens (including phenoxy) is 2. The van der Waals surface area contributed by atoms with Gasteiger partial charge in [-0.3, -0.25) is 4.79 Å². The molecule has 0 fully saturated rings. The molecular weight excluding hydrogens is 470 g/mol. The Hall–Kier alpha value is -4.33. The van der Waals surface area contributed by atoms with E-state index in [1.54, 1.807) is 0 Å². The van der Waals surface area contributed by atoms with Gasteiger partial charge in [-0.05, 0) is 60.0 Å². The maximum Gasteiger partial charge on any atom is 0.256 e. The van der Waals surface area contributed by atoms with Crippen LogP contribution in [0.5, 0.6) is 5.75 Å². The molecule has 1 aliphatic heterocycles. The van der Waals surface area contributed by atoms with Gasteiger partial charge in [0.15, 0.2) is 5.54 Å². The molecule has 0 saturated heterocycles. The number of aliphatic hydroxyl groups excluding tert-OH is 1. The number of carbonyl (C=O) groups excluding carboxylic acids is 1. The number of para-hydroxylation sites is 1. The van der Waals surface area contributed by atoms with Crippen molar-refractivity contribution in [3.63, 3.8) is 0 Å². The van der Waals surface area contributed by atoms with Gasteiger partial charge in [-0.25, -0.2) is 4.99 Å². The molecule has 0 unspecified atom stereocenters. The summed E-state index contributed by atoms with van der Waals surface area (Å²) in [6.45, 7) is 2.50. The van der Waals surface area contributed by atoms with Gasteiger partial charge in [-0.1, -0.05) is 47.6 Å². The van der Waals surface area contributed by atoms with Gasteiger partial charge in [-0.15, -0.1) is 0 Å². The molecule has 2 atom stereocenters. The zero-order valence-electron chi connectivity index (χ0n) is 20.6. The number of azide groups is 1. The zero-order valence-corrected chi connectivity index (χ0v) is 20.6. The number of carbonyl (C=O) groups is 1. The monoisotopic (exact) mass is 499 g/mol. The van der Waals surface area contributed by atoms with Gasteiger partial charge in [-0.2, -0.15) is 0 Å². The Morgan fingerprint density at radius 2 is 1.81 bits per heavy atom. The SMILES string of the molecule is C[C@H]1OC(c2ccc(OCCCO)cc2)=N[C@@]1(Cc1ccccc1CN=[N+]=[N-])C(=O)Nc1ccccc1. The number of aliphatic hydroxyl groups is 1. The molecule has 0 aliphatic carbocycles. The van der Waals surface area contributed by atoms with Gasteiger partial charge in [0.05, 0.1) is 13.2 Å². The normalized spacial score (nSPS) is 18.3. The lowest BCUT2D eigenvalue weighted by molar-refractivity contribution is -0.123. The van der Waals surface area contributed by atoms with Crippen LogP contribution in [0.1, 0.15) is 30.0 Å². The second kappa shape index (κ2) is 12.1. The predicted molar refractivity (Wildman–Crippen MR) is 142 cm³/mol. The molecular formula is C28H29N5O4. The van der Waals surface area contributed by atoms with Crippen molar-refractivity contribution in [2.75, 3.05) is 18.5 Å². The summed E-state index contributed by atoms with van der Waals surface area (Å²) in [6.07, 6.45) is 0.240. The summed E-state index contributed by atoms with van der Waals surface area (Å²) in [6, 6.07) is 24.1. The predicted octanol–water partition coefficient (Wildman–Crippen LogP) is 5.04. The van der Waals surface area contributed by atoms with E-state index in [1.807, 2.05) is 85.8 Å². The van der Waals surface area contributed by atoms with Gasteiger partial charge in [0.1, 0.15) is 11.9 Å². The van der Waals surface area contributed by atoms with Crippen molar-refractivity contribution < 1.29 is 19.4 Å². The number of nitrogens with one attached hydrogen (secondary N) is 1. The van der Waals surface area contributed by atoms with E-state index in [2.05, 4.69) is 15.3 Å². The van der Waals surface area contributed by atoms with Crippen molar-refractivity contribution in [1.82, 2.24) is 0 Å². The van der Waals surface area contributed by atoms with E-state index in [4.69, 9.17) is 25.1 Å². The number of nitrogens with zero attached hydrogens (tertiary/aromatic N) is 4. The summed E-state index contributed by atoms with van der Waals surface area (Å²) in [5, 5.41) is 15.7. The first-order valence-corrected chi connectivity index (χ1v) is 12.1. The molecule has 9 heteroatoms. The highest BCUT2D eigenvalue weighted by Gasteiger charge is 2.50. The second-order valence-electron chi connectivity index (χ2n) is 8.71. The van der Waals surface area contributed by atoms with Crippen LogP contribution in [0.15, 0.2) is 89.0 Å². The molecule has 0 spiro atoms. The van der Waals surface area contributed by atoms with E-state index in [1.165, 1.54) is 0 Å². The molecule has 0 saturated carbocycles. The topological polar surface area (TPSA) is 129 Å². The fourth-order valence-electron chi connectivity index (χ4n) is 4.19. The maximum absolute atomic E-state index is 13.8. The third kappa shape index (κ3) is 6.09. The molecule has 0 bridgehead atoms. The Morgan fingerprint density at radius 1 is 1.11 bits per heavy atom. The van der Waals surface area contributed by atoms with Crippen LogP contribution in [0.25, 0.3) is 10.4 Å². The van der Waals surface area contributed by atoms with Crippen molar-refractivity contribution in [1.29, 1.82) is 0 Å². The number of aliphatic imine (C=N–C) groups is 1. The Morgan fingerprint density at radius 3 is 2.51 bits per heavy atom. The van der Waals surface area contributed by atoms with Crippen LogP contribution in [0.3, 0.4) is 0 Å². The number of amides is 1. The highest BCUT2D eigenvalue weighted by Crippen LogP contribution is 2.34. The highest BCUT2D eigenvalue weighted by atomic mass is 16.5. The number of anilines is 1. The number of hydrogen-bond donors (Lipinski definition) is 2. The summed E-state index contributed by atoms with van der Waals surface area (Å²) < 4.78 is 11.8. The lowest BCUT2D eigenvalue weighted by atomic mass is 9.84. The Balaban J connectivity index is 1.69. The number of hydrogen-bond acceptors (Lipinski definition) is 6. The molecule has 0 radical (unpaired) electrons. The summed E-state index contributed by atoms with van der Waals surface area (Å²) in [5.41, 5.74) is 10.6. The summed E-state index contributed by atoms with van der Waals surface area (Å²) in [5.74, 6) is 0.748. The fraction of sp³-hybridized carbons (Fsp3) is 0.286. The van der Waals surface area contributed by atoms with Crippen LogP contribution in [0, 0.1) is 0 Å². The quantitative estimate of drug-likeness (QED) is 0.166. The average molecular weight is 500 g/mol.